The molecule has 3 aromatic rings. The number of carbonyl (C=O) groups is 4. The molecule has 0 aliphatic carbocycles. The van der Waals surface area contributed by atoms with Crippen molar-refractivity contribution < 1.29 is 37.5 Å². The van der Waals surface area contributed by atoms with Crippen molar-refractivity contribution in [3.63, 3.8) is 0 Å². The Labute approximate surface area is 191 Å². The third-order valence-corrected chi connectivity index (χ3v) is 5.08. The number of rotatable bonds is 9. The maximum atomic E-state index is 13.6. The van der Waals surface area contributed by atoms with Crippen molar-refractivity contribution in [2.75, 3.05) is 25.1 Å². The maximum absolute atomic E-state index is 13.6. The smallest absolute Gasteiger partial charge is 0.341 e. The highest BCUT2D eigenvalue weighted by atomic mass is 32.1. The molecule has 0 bridgehead atoms. The molecule has 2 aromatic heterocycles. The van der Waals surface area contributed by atoms with Gasteiger partial charge in [-0.2, -0.15) is 0 Å². The molecule has 0 unspecified atom stereocenters. The number of halogens is 1. The minimum absolute atomic E-state index is 0.119. The van der Waals surface area contributed by atoms with Crippen LogP contribution < -0.4 is 10.6 Å². The summed E-state index contributed by atoms with van der Waals surface area (Å²) in [5, 5.41) is 6.56. The van der Waals surface area contributed by atoms with E-state index in [0.29, 0.717) is 11.3 Å². The molecule has 0 saturated heterocycles. The van der Waals surface area contributed by atoms with E-state index in [1.165, 1.54) is 24.5 Å². The number of esters is 2. The second kappa shape index (κ2) is 11.0. The Morgan fingerprint density at radius 1 is 1.09 bits per heavy atom. The average molecular weight is 474 g/mol. The number of anilines is 1. The average Bonchev–Trinajstić information content (AvgIpc) is 3.46. The summed E-state index contributed by atoms with van der Waals surface area (Å²) >= 11 is 1.08. The number of hydrogen-bond donors (Lipinski definition) is 2. The van der Waals surface area contributed by atoms with Gasteiger partial charge < -0.3 is 24.5 Å². The lowest BCUT2D eigenvalue weighted by Gasteiger charge is -2.09. The summed E-state index contributed by atoms with van der Waals surface area (Å²) in [6, 6.07) is 8.61. The highest BCUT2D eigenvalue weighted by Gasteiger charge is 2.24. The lowest BCUT2D eigenvalue weighted by molar-refractivity contribution is -0.146. The Balaban J connectivity index is 1.56. The van der Waals surface area contributed by atoms with Gasteiger partial charge in [0, 0.05) is 10.9 Å². The molecule has 2 N–H and O–H groups in total. The van der Waals surface area contributed by atoms with Gasteiger partial charge >= 0.3 is 11.9 Å². The van der Waals surface area contributed by atoms with E-state index in [9.17, 15) is 23.6 Å². The molecule has 2 heterocycles. The molecule has 11 heteroatoms. The number of ether oxygens (including phenoxy) is 2. The quantitative estimate of drug-likeness (QED) is 0.456. The molecular formula is C22H19FN2O7S. The van der Waals surface area contributed by atoms with Crippen LogP contribution in [0.15, 0.2) is 52.5 Å². The Bertz CT molecular complexity index is 1160. The number of furan rings is 1. The van der Waals surface area contributed by atoms with Crippen molar-refractivity contribution >= 4 is 40.1 Å². The summed E-state index contributed by atoms with van der Waals surface area (Å²) in [7, 11) is 0. The molecule has 9 nitrogen and oxygen atoms in total. The van der Waals surface area contributed by atoms with Crippen LogP contribution in [0.1, 0.15) is 27.6 Å². The monoisotopic (exact) mass is 474 g/mol. The number of thiophene rings is 1. The molecule has 0 fully saturated rings. The van der Waals surface area contributed by atoms with Gasteiger partial charge in [-0.05, 0) is 31.2 Å². The summed E-state index contributed by atoms with van der Waals surface area (Å²) in [5.74, 6) is -3.35. The highest BCUT2D eigenvalue weighted by molar-refractivity contribution is 7.15. The van der Waals surface area contributed by atoms with Gasteiger partial charge in [-0.1, -0.05) is 12.1 Å². The lowest BCUT2D eigenvalue weighted by Crippen LogP contribution is -2.32. The Morgan fingerprint density at radius 2 is 1.88 bits per heavy atom. The molecule has 0 aliphatic rings. The second-order valence-electron chi connectivity index (χ2n) is 6.42. The Kier molecular flexibility index (Phi) is 7.92. The lowest BCUT2D eigenvalue weighted by atomic mass is 10.1. The summed E-state index contributed by atoms with van der Waals surface area (Å²) in [4.78, 5) is 48.4. The van der Waals surface area contributed by atoms with Gasteiger partial charge in [-0.3, -0.25) is 14.4 Å². The zero-order chi connectivity index (χ0) is 23.8. The fraction of sp³-hybridized carbons (Fsp3) is 0.182. The molecule has 3 rings (SSSR count). The molecule has 2 amide bonds. The SMILES string of the molecule is CCOC(=O)c1c(-c2ccco2)csc1NC(=O)COC(=O)CNC(=O)c1ccccc1F. The molecule has 0 saturated carbocycles. The zero-order valence-corrected chi connectivity index (χ0v) is 18.2. The number of carbonyl (C=O) groups excluding carboxylic acids is 4. The maximum Gasteiger partial charge on any atom is 0.341 e. The Hall–Kier alpha value is -3.99. The zero-order valence-electron chi connectivity index (χ0n) is 17.4. The van der Waals surface area contributed by atoms with Crippen LogP contribution in [0.3, 0.4) is 0 Å². The van der Waals surface area contributed by atoms with E-state index < -0.39 is 42.7 Å². The van der Waals surface area contributed by atoms with Crippen LogP contribution in [0.5, 0.6) is 0 Å². The summed E-state index contributed by atoms with van der Waals surface area (Å²) in [5.41, 5.74) is 0.347. The van der Waals surface area contributed by atoms with E-state index >= 15 is 0 Å². The van der Waals surface area contributed by atoms with Gasteiger partial charge in [0.2, 0.25) is 0 Å². The van der Waals surface area contributed by atoms with E-state index in [1.54, 1.807) is 24.4 Å². The number of hydrogen-bond acceptors (Lipinski definition) is 8. The molecule has 0 radical (unpaired) electrons. The van der Waals surface area contributed by atoms with E-state index in [1.807, 2.05) is 0 Å². The van der Waals surface area contributed by atoms with Crippen LogP contribution in [0.2, 0.25) is 0 Å². The fourth-order valence-corrected chi connectivity index (χ4v) is 3.68. The van der Waals surface area contributed by atoms with Gasteiger partial charge in [0.1, 0.15) is 28.7 Å². The molecule has 33 heavy (non-hydrogen) atoms. The molecule has 1 aromatic carbocycles. The standard InChI is InChI=1S/C22H19FN2O7S/c1-2-30-22(29)19-14(16-8-5-9-31-16)12-33-21(19)25-17(26)11-32-18(27)10-24-20(28)13-6-3-4-7-15(13)23/h3-9,12H,2,10-11H2,1H3,(H,24,28)(H,25,26). The van der Waals surface area contributed by atoms with Gasteiger partial charge in [0.25, 0.3) is 11.8 Å². The normalized spacial score (nSPS) is 10.4. The summed E-state index contributed by atoms with van der Waals surface area (Å²) in [6.07, 6.45) is 1.45. The Morgan fingerprint density at radius 3 is 2.58 bits per heavy atom. The van der Waals surface area contributed by atoms with E-state index in [0.717, 1.165) is 17.4 Å². The first-order chi connectivity index (χ1) is 15.9. The van der Waals surface area contributed by atoms with Crippen LogP contribution in [-0.4, -0.2) is 43.5 Å². The number of nitrogens with one attached hydrogen (secondary N) is 2. The van der Waals surface area contributed by atoms with Crippen LogP contribution >= 0.6 is 11.3 Å². The first-order valence-corrected chi connectivity index (χ1v) is 10.6. The van der Waals surface area contributed by atoms with Crippen LogP contribution in [0.4, 0.5) is 9.39 Å². The van der Waals surface area contributed by atoms with Gasteiger partial charge in [-0.15, -0.1) is 11.3 Å². The molecule has 0 atom stereocenters. The predicted molar refractivity (Wildman–Crippen MR) is 116 cm³/mol. The van der Waals surface area contributed by atoms with Gasteiger partial charge in [0.05, 0.1) is 18.4 Å². The minimum atomic E-state index is -0.900. The molecule has 0 aliphatic heterocycles. The number of amides is 2. The van der Waals surface area contributed by atoms with Crippen LogP contribution in [0, 0.1) is 5.82 Å². The van der Waals surface area contributed by atoms with E-state index in [-0.39, 0.29) is 22.7 Å². The van der Waals surface area contributed by atoms with Crippen LogP contribution in [-0.2, 0) is 19.1 Å². The van der Waals surface area contributed by atoms with Gasteiger partial charge in [-0.25, -0.2) is 9.18 Å². The second-order valence-corrected chi connectivity index (χ2v) is 7.30. The van der Waals surface area contributed by atoms with Crippen LogP contribution in [0.25, 0.3) is 11.3 Å². The van der Waals surface area contributed by atoms with Crippen molar-refractivity contribution in [1.82, 2.24) is 5.32 Å². The highest BCUT2D eigenvalue weighted by Crippen LogP contribution is 2.36. The first kappa shape index (κ1) is 23.7. The largest absolute Gasteiger partial charge is 0.464 e. The topological polar surface area (TPSA) is 124 Å². The minimum Gasteiger partial charge on any atom is -0.464 e. The third-order valence-electron chi connectivity index (χ3n) is 4.19. The third kappa shape index (κ3) is 6.04. The van der Waals surface area contributed by atoms with Crippen molar-refractivity contribution in [3.05, 3.63) is 65.0 Å². The summed E-state index contributed by atoms with van der Waals surface area (Å²) < 4.78 is 28.8. The van der Waals surface area contributed by atoms with Crippen molar-refractivity contribution in [2.45, 2.75) is 6.92 Å². The fourth-order valence-electron chi connectivity index (χ4n) is 2.72. The van der Waals surface area contributed by atoms with E-state index in [4.69, 9.17) is 13.9 Å². The van der Waals surface area contributed by atoms with Crippen molar-refractivity contribution in [3.8, 4) is 11.3 Å². The van der Waals surface area contributed by atoms with E-state index in [2.05, 4.69) is 10.6 Å². The molecular weight excluding hydrogens is 455 g/mol. The van der Waals surface area contributed by atoms with Crippen molar-refractivity contribution in [2.24, 2.45) is 0 Å². The van der Waals surface area contributed by atoms with Crippen molar-refractivity contribution in [1.29, 1.82) is 0 Å². The summed E-state index contributed by atoms with van der Waals surface area (Å²) in [6.45, 7) is 0.566. The van der Waals surface area contributed by atoms with Gasteiger partial charge in [0.15, 0.2) is 6.61 Å². The molecule has 0 spiro atoms. The molecule has 172 valence electrons. The first-order valence-electron chi connectivity index (χ1n) is 9.71. The number of benzene rings is 1. The predicted octanol–water partition coefficient (Wildman–Crippen LogP) is 3.24.